The number of primary sulfonamides is 1. The highest BCUT2D eigenvalue weighted by molar-refractivity contribution is 7.89. The Morgan fingerprint density at radius 1 is 1.00 bits per heavy atom. The summed E-state index contributed by atoms with van der Waals surface area (Å²) in [5, 5.41) is 5.48. The number of hydrogen-bond donors (Lipinski definition) is 1. The quantitative estimate of drug-likeness (QED) is 0.869. The van der Waals surface area contributed by atoms with Crippen molar-refractivity contribution < 1.29 is 18.0 Å². The zero-order valence-electron chi connectivity index (χ0n) is 11.7. The van der Waals surface area contributed by atoms with Gasteiger partial charge in [0.2, 0.25) is 10.0 Å². The van der Waals surface area contributed by atoms with E-state index >= 15 is 0 Å². The zero-order chi connectivity index (χ0) is 16.8. The van der Waals surface area contributed by atoms with E-state index in [1.54, 1.807) is 12.1 Å². The van der Waals surface area contributed by atoms with Crippen LogP contribution in [0, 0.1) is 6.92 Å². The van der Waals surface area contributed by atoms with Gasteiger partial charge >= 0.3 is 0 Å². The lowest BCUT2D eigenvalue weighted by atomic mass is 10.2. The van der Waals surface area contributed by atoms with Crippen LogP contribution in [0.5, 0.6) is 0 Å². The van der Waals surface area contributed by atoms with Gasteiger partial charge in [-0.15, -0.1) is 0 Å². The predicted molar refractivity (Wildman–Crippen MR) is 84.8 cm³/mol. The van der Waals surface area contributed by atoms with Crippen LogP contribution in [0.2, 0.25) is 5.02 Å². The molecule has 0 aliphatic rings. The molecule has 2 rings (SSSR count). The second-order valence-corrected chi connectivity index (χ2v) is 6.33. The van der Waals surface area contributed by atoms with Gasteiger partial charge in [0.1, 0.15) is 12.6 Å². The fraction of sp³-hybridized carbons (Fsp3) is 0.0667. The van der Waals surface area contributed by atoms with Crippen molar-refractivity contribution in [3.8, 4) is 0 Å². The molecule has 2 N–H and O–H groups in total. The molecule has 0 radical (unpaired) electrons. The first-order valence-corrected chi connectivity index (χ1v) is 7.99. The number of aldehydes is 2. The first-order chi connectivity index (χ1) is 10.3. The van der Waals surface area contributed by atoms with E-state index in [1.165, 1.54) is 24.3 Å². The molecule has 2 aromatic carbocycles. The lowest BCUT2D eigenvalue weighted by molar-refractivity contribution is 0.111. The number of hydrogen-bond acceptors (Lipinski definition) is 4. The minimum atomic E-state index is -3.69. The van der Waals surface area contributed by atoms with E-state index in [-0.39, 0.29) is 4.90 Å². The lowest BCUT2D eigenvalue weighted by Gasteiger charge is -1.96. The number of rotatable bonds is 3. The summed E-state index contributed by atoms with van der Waals surface area (Å²) in [6.45, 7) is 1.90. The minimum absolute atomic E-state index is 0.0490. The lowest BCUT2D eigenvalue weighted by Crippen LogP contribution is -2.12. The monoisotopic (exact) mass is 339 g/mol. The highest BCUT2D eigenvalue weighted by Crippen LogP contribution is 2.15. The van der Waals surface area contributed by atoms with Crippen LogP contribution < -0.4 is 5.14 Å². The maximum absolute atomic E-state index is 10.8. The topological polar surface area (TPSA) is 94.3 Å². The molecule has 0 bridgehead atoms. The Morgan fingerprint density at radius 2 is 1.59 bits per heavy atom. The molecule has 0 aliphatic heterocycles. The Balaban J connectivity index is 0.000000224. The van der Waals surface area contributed by atoms with Crippen LogP contribution in [0.1, 0.15) is 26.3 Å². The second-order valence-electron chi connectivity index (χ2n) is 4.36. The number of sulfonamides is 1. The molecular formula is C15H14ClNO4S. The molecule has 0 fully saturated rings. The van der Waals surface area contributed by atoms with Gasteiger partial charge in [0, 0.05) is 16.1 Å². The van der Waals surface area contributed by atoms with E-state index in [9.17, 15) is 18.0 Å². The summed E-state index contributed by atoms with van der Waals surface area (Å²) in [5.74, 6) is 0. The predicted octanol–water partition coefficient (Wildman–Crippen LogP) is 2.61. The van der Waals surface area contributed by atoms with Crippen molar-refractivity contribution in [3.05, 3.63) is 64.2 Å². The molecule has 7 heteroatoms. The third kappa shape index (κ3) is 5.40. The number of carbonyl (C=O) groups excluding carboxylic acids is 2. The summed E-state index contributed by atoms with van der Waals surface area (Å²) in [5.41, 5.74) is 1.91. The normalized spacial score (nSPS) is 10.3. The maximum Gasteiger partial charge on any atom is 0.238 e. The number of halogens is 1. The van der Waals surface area contributed by atoms with Crippen LogP contribution in [-0.2, 0) is 10.0 Å². The largest absolute Gasteiger partial charge is 0.298 e. The fourth-order valence-corrected chi connectivity index (χ4v) is 2.20. The Hall–Kier alpha value is -2.02. The first-order valence-electron chi connectivity index (χ1n) is 6.07. The molecule has 22 heavy (non-hydrogen) atoms. The standard InChI is InChI=1S/C8H7ClO.C7H7NO3S/c1-6-2-3-7(5-10)4-8(6)9;8-12(10,11)7-3-1-2-6(4-7)5-9/h2-5H,1H3;1-5H,(H2,8,10,11). The van der Waals surface area contributed by atoms with Gasteiger partial charge in [0.15, 0.2) is 0 Å². The molecular weight excluding hydrogens is 326 g/mol. The van der Waals surface area contributed by atoms with Gasteiger partial charge in [-0.1, -0.05) is 35.9 Å². The van der Waals surface area contributed by atoms with Gasteiger partial charge in [-0.05, 0) is 30.7 Å². The Bertz CT molecular complexity index is 788. The van der Waals surface area contributed by atoms with Gasteiger partial charge < -0.3 is 0 Å². The summed E-state index contributed by atoms with van der Waals surface area (Å²) in [4.78, 5) is 20.4. The maximum atomic E-state index is 10.8. The fourth-order valence-electron chi connectivity index (χ4n) is 1.45. The minimum Gasteiger partial charge on any atom is -0.298 e. The van der Waals surface area contributed by atoms with E-state index in [0.29, 0.717) is 22.4 Å². The van der Waals surface area contributed by atoms with Crippen molar-refractivity contribution in [2.24, 2.45) is 5.14 Å². The first kappa shape index (κ1) is 18.0. The molecule has 0 aliphatic carbocycles. The van der Waals surface area contributed by atoms with E-state index < -0.39 is 10.0 Å². The van der Waals surface area contributed by atoms with Crippen LogP contribution in [0.25, 0.3) is 0 Å². The van der Waals surface area contributed by atoms with Gasteiger partial charge in [-0.25, -0.2) is 13.6 Å². The van der Waals surface area contributed by atoms with E-state index in [1.807, 2.05) is 13.0 Å². The highest BCUT2D eigenvalue weighted by atomic mass is 35.5. The Kier molecular flexibility index (Phi) is 6.42. The van der Waals surface area contributed by atoms with Gasteiger partial charge in [0.25, 0.3) is 0 Å². The number of aryl methyl sites for hydroxylation is 1. The third-order valence-electron chi connectivity index (χ3n) is 2.65. The van der Waals surface area contributed by atoms with Crippen LogP contribution in [0.15, 0.2) is 47.4 Å². The molecule has 0 aromatic heterocycles. The average molecular weight is 340 g/mol. The van der Waals surface area contributed by atoms with Crippen LogP contribution in [-0.4, -0.2) is 21.0 Å². The van der Waals surface area contributed by atoms with E-state index in [2.05, 4.69) is 0 Å². The summed E-state index contributed by atoms with van der Waals surface area (Å²) in [6.07, 6.45) is 1.35. The molecule has 0 saturated heterocycles. The average Bonchev–Trinajstić information content (AvgIpc) is 2.50. The smallest absolute Gasteiger partial charge is 0.238 e. The molecule has 0 saturated carbocycles. The molecule has 2 aromatic rings. The molecule has 0 unspecified atom stereocenters. The van der Waals surface area contributed by atoms with Crippen molar-refractivity contribution in [1.82, 2.24) is 0 Å². The molecule has 116 valence electrons. The van der Waals surface area contributed by atoms with Crippen molar-refractivity contribution in [3.63, 3.8) is 0 Å². The summed E-state index contributed by atoms with van der Waals surface area (Å²) >= 11 is 5.73. The van der Waals surface area contributed by atoms with Crippen LogP contribution in [0.4, 0.5) is 0 Å². The third-order valence-corrected chi connectivity index (χ3v) is 3.97. The van der Waals surface area contributed by atoms with Crippen molar-refractivity contribution in [2.45, 2.75) is 11.8 Å². The van der Waals surface area contributed by atoms with Crippen LogP contribution in [0.3, 0.4) is 0 Å². The van der Waals surface area contributed by atoms with Gasteiger partial charge in [-0.3, -0.25) is 9.59 Å². The Labute approximate surface area is 133 Å². The SMILES string of the molecule is Cc1ccc(C=O)cc1Cl.NS(=O)(=O)c1cccc(C=O)c1. The molecule has 0 atom stereocenters. The van der Waals surface area contributed by atoms with Gasteiger partial charge in [-0.2, -0.15) is 0 Å². The van der Waals surface area contributed by atoms with E-state index in [0.717, 1.165) is 11.8 Å². The van der Waals surface area contributed by atoms with Crippen LogP contribution >= 0.6 is 11.6 Å². The number of benzene rings is 2. The molecule has 0 amide bonds. The number of carbonyl (C=O) groups is 2. The highest BCUT2D eigenvalue weighted by Gasteiger charge is 2.06. The number of nitrogens with two attached hydrogens (primary N) is 1. The van der Waals surface area contributed by atoms with Crippen molar-refractivity contribution >= 4 is 34.2 Å². The summed E-state index contributed by atoms with van der Waals surface area (Å²) in [6, 6.07) is 10.7. The summed E-state index contributed by atoms with van der Waals surface area (Å²) < 4.78 is 21.5. The van der Waals surface area contributed by atoms with Crippen molar-refractivity contribution in [1.29, 1.82) is 0 Å². The van der Waals surface area contributed by atoms with E-state index in [4.69, 9.17) is 16.7 Å². The molecule has 5 nitrogen and oxygen atoms in total. The molecule has 0 spiro atoms. The van der Waals surface area contributed by atoms with Crippen molar-refractivity contribution in [2.75, 3.05) is 0 Å². The second kappa shape index (κ2) is 7.84. The zero-order valence-corrected chi connectivity index (χ0v) is 13.3. The van der Waals surface area contributed by atoms with Gasteiger partial charge in [0.05, 0.1) is 4.90 Å². The molecule has 0 heterocycles. The Morgan fingerprint density at radius 3 is 2.09 bits per heavy atom. The summed E-state index contributed by atoms with van der Waals surface area (Å²) in [7, 11) is -3.69.